The number of carboxylic acid groups (broad SMARTS) is 1. The predicted octanol–water partition coefficient (Wildman–Crippen LogP) is 2.17. The van der Waals surface area contributed by atoms with E-state index in [0.29, 0.717) is 23.6 Å². The summed E-state index contributed by atoms with van der Waals surface area (Å²) in [6.07, 6.45) is 2.25. The fourth-order valence-electron chi connectivity index (χ4n) is 2.82. The maximum absolute atomic E-state index is 11.9. The lowest BCUT2D eigenvalue weighted by atomic mass is 9.96. The number of benzene rings is 1. The van der Waals surface area contributed by atoms with Crippen molar-refractivity contribution in [1.29, 1.82) is 0 Å². The molecule has 0 aliphatic heterocycles. The summed E-state index contributed by atoms with van der Waals surface area (Å²) in [5, 5.41) is 12.0. The summed E-state index contributed by atoms with van der Waals surface area (Å²) in [4.78, 5) is 11.7. The SMILES string of the molecule is CS(=O)(=O)C1CCCC1(Nc1cccc(Cl)c1)C(=O)O. The molecule has 0 saturated heterocycles. The second kappa shape index (κ2) is 5.26. The van der Waals surface area contributed by atoms with E-state index in [1.54, 1.807) is 24.3 Å². The molecule has 2 unspecified atom stereocenters. The number of hydrogen-bond acceptors (Lipinski definition) is 4. The van der Waals surface area contributed by atoms with Crippen molar-refractivity contribution < 1.29 is 18.3 Å². The summed E-state index contributed by atoms with van der Waals surface area (Å²) in [7, 11) is -3.46. The van der Waals surface area contributed by atoms with Crippen molar-refractivity contribution in [2.45, 2.75) is 30.1 Å². The third-order valence-electron chi connectivity index (χ3n) is 3.68. The van der Waals surface area contributed by atoms with E-state index in [2.05, 4.69) is 5.32 Å². The average Bonchev–Trinajstić information content (AvgIpc) is 2.73. The molecular weight excluding hydrogens is 302 g/mol. The van der Waals surface area contributed by atoms with E-state index in [-0.39, 0.29) is 6.42 Å². The van der Waals surface area contributed by atoms with E-state index in [1.165, 1.54) is 0 Å². The molecule has 110 valence electrons. The molecule has 2 atom stereocenters. The van der Waals surface area contributed by atoms with Crippen molar-refractivity contribution >= 4 is 33.1 Å². The zero-order valence-electron chi connectivity index (χ0n) is 11.0. The van der Waals surface area contributed by atoms with Crippen LogP contribution in [-0.2, 0) is 14.6 Å². The second-order valence-electron chi connectivity index (χ2n) is 5.12. The van der Waals surface area contributed by atoms with E-state index in [1.807, 2.05) is 0 Å². The Morgan fingerprint density at radius 1 is 1.50 bits per heavy atom. The van der Waals surface area contributed by atoms with Crippen molar-refractivity contribution in [3.8, 4) is 0 Å². The molecule has 2 rings (SSSR count). The summed E-state index contributed by atoms with van der Waals surface area (Å²) < 4.78 is 23.8. The molecule has 1 aromatic carbocycles. The summed E-state index contributed by atoms with van der Waals surface area (Å²) >= 11 is 5.88. The van der Waals surface area contributed by atoms with Gasteiger partial charge in [-0.25, -0.2) is 13.2 Å². The molecule has 0 heterocycles. The van der Waals surface area contributed by atoms with Gasteiger partial charge in [-0.2, -0.15) is 0 Å². The molecule has 0 aromatic heterocycles. The van der Waals surface area contributed by atoms with Crippen LogP contribution in [0, 0.1) is 0 Å². The molecule has 5 nitrogen and oxygen atoms in total. The van der Waals surface area contributed by atoms with Crippen LogP contribution in [0.4, 0.5) is 5.69 Å². The highest BCUT2D eigenvalue weighted by atomic mass is 35.5. The third kappa shape index (κ3) is 2.76. The van der Waals surface area contributed by atoms with Crippen molar-refractivity contribution in [1.82, 2.24) is 0 Å². The Hall–Kier alpha value is -1.27. The molecule has 1 saturated carbocycles. The van der Waals surface area contributed by atoms with Crippen LogP contribution < -0.4 is 5.32 Å². The molecule has 0 radical (unpaired) electrons. The Morgan fingerprint density at radius 2 is 2.20 bits per heavy atom. The van der Waals surface area contributed by atoms with Crippen LogP contribution in [0.5, 0.6) is 0 Å². The van der Waals surface area contributed by atoms with Crippen LogP contribution >= 0.6 is 11.6 Å². The van der Waals surface area contributed by atoms with Crippen molar-refractivity contribution in [2.24, 2.45) is 0 Å². The van der Waals surface area contributed by atoms with Crippen LogP contribution in [0.2, 0.25) is 5.02 Å². The van der Waals surface area contributed by atoms with E-state index < -0.39 is 26.6 Å². The fraction of sp³-hybridized carbons (Fsp3) is 0.462. The van der Waals surface area contributed by atoms with Crippen LogP contribution in [-0.4, -0.2) is 36.5 Å². The Kier molecular flexibility index (Phi) is 3.97. The van der Waals surface area contributed by atoms with Gasteiger partial charge in [-0.3, -0.25) is 0 Å². The van der Waals surface area contributed by atoms with E-state index in [9.17, 15) is 18.3 Å². The number of carboxylic acids is 1. The first-order valence-electron chi connectivity index (χ1n) is 6.22. The number of anilines is 1. The van der Waals surface area contributed by atoms with Gasteiger partial charge < -0.3 is 10.4 Å². The third-order valence-corrected chi connectivity index (χ3v) is 5.58. The quantitative estimate of drug-likeness (QED) is 0.889. The van der Waals surface area contributed by atoms with E-state index >= 15 is 0 Å². The van der Waals surface area contributed by atoms with Gasteiger partial charge in [-0.1, -0.05) is 17.7 Å². The summed E-state index contributed by atoms with van der Waals surface area (Å²) in [5.41, 5.74) is -0.978. The van der Waals surface area contributed by atoms with Gasteiger partial charge in [0.1, 0.15) is 0 Å². The van der Waals surface area contributed by atoms with E-state index in [4.69, 9.17) is 11.6 Å². The van der Waals surface area contributed by atoms with Crippen LogP contribution in [0.25, 0.3) is 0 Å². The normalized spacial score (nSPS) is 26.4. The topological polar surface area (TPSA) is 83.5 Å². The number of rotatable bonds is 4. The summed E-state index contributed by atoms with van der Waals surface area (Å²) in [6.45, 7) is 0. The van der Waals surface area contributed by atoms with Crippen LogP contribution in [0.3, 0.4) is 0 Å². The predicted molar refractivity (Wildman–Crippen MR) is 77.9 cm³/mol. The standard InChI is InChI=1S/C13H16ClNO4S/c1-20(18,19)11-6-3-7-13(11,12(16)17)15-10-5-2-4-9(14)8-10/h2,4-5,8,11,15H,3,6-7H2,1H3,(H,16,17). The van der Waals surface area contributed by atoms with Crippen molar-refractivity contribution in [3.63, 3.8) is 0 Å². The molecule has 2 N–H and O–H groups in total. The van der Waals surface area contributed by atoms with Gasteiger partial charge in [0.25, 0.3) is 0 Å². The number of nitrogens with one attached hydrogen (secondary N) is 1. The Labute approximate surface area is 122 Å². The first kappa shape index (κ1) is 15.1. The smallest absolute Gasteiger partial charge is 0.330 e. The zero-order valence-corrected chi connectivity index (χ0v) is 12.5. The second-order valence-corrected chi connectivity index (χ2v) is 7.79. The van der Waals surface area contributed by atoms with Gasteiger partial charge in [-0.05, 0) is 37.5 Å². The van der Waals surface area contributed by atoms with Crippen molar-refractivity contribution in [3.05, 3.63) is 29.3 Å². The lowest BCUT2D eigenvalue weighted by Crippen LogP contribution is -2.55. The van der Waals surface area contributed by atoms with E-state index in [0.717, 1.165) is 6.26 Å². The largest absolute Gasteiger partial charge is 0.479 e. The van der Waals surface area contributed by atoms with Gasteiger partial charge in [0.2, 0.25) is 0 Å². The Morgan fingerprint density at radius 3 is 2.75 bits per heavy atom. The molecule has 0 spiro atoms. The van der Waals surface area contributed by atoms with Gasteiger partial charge in [0.05, 0.1) is 5.25 Å². The minimum atomic E-state index is -3.46. The Balaban J connectivity index is 2.43. The monoisotopic (exact) mass is 317 g/mol. The Bertz CT molecular complexity index is 631. The molecule has 1 aliphatic carbocycles. The minimum absolute atomic E-state index is 0.270. The molecule has 20 heavy (non-hydrogen) atoms. The van der Waals surface area contributed by atoms with Gasteiger partial charge in [-0.15, -0.1) is 0 Å². The molecule has 0 bridgehead atoms. The van der Waals surface area contributed by atoms with Gasteiger partial charge >= 0.3 is 5.97 Å². The van der Waals surface area contributed by atoms with Crippen molar-refractivity contribution in [2.75, 3.05) is 11.6 Å². The maximum Gasteiger partial charge on any atom is 0.330 e. The highest BCUT2D eigenvalue weighted by molar-refractivity contribution is 7.91. The van der Waals surface area contributed by atoms with Crippen LogP contribution in [0.1, 0.15) is 19.3 Å². The lowest BCUT2D eigenvalue weighted by molar-refractivity contribution is -0.141. The highest BCUT2D eigenvalue weighted by Gasteiger charge is 2.54. The summed E-state index contributed by atoms with van der Waals surface area (Å²) in [5.74, 6) is -1.15. The number of sulfone groups is 1. The molecule has 1 fully saturated rings. The lowest BCUT2D eigenvalue weighted by Gasteiger charge is -2.32. The molecule has 0 amide bonds. The molecule has 1 aromatic rings. The molecule has 7 heteroatoms. The maximum atomic E-state index is 11.9. The number of halogens is 1. The summed E-state index contributed by atoms with van der Waals surface area (Å²) in [6, 6.07) is 6.62. The fourth-order valence-corrected chi connectivity index (χ4v) is 4.61. The zero-order chi connectivity index (χ0) is 15.0. The van der Waals surface area contributed by atoms with Gasteiger partial charge in [0, 0.05) is 17.0 Å². The number of hydrogen-bond donors (Lipinski definition) is 2. The first-order chi connectivity index (χ1) is 9.25. The van der Waals surface area contributed by atoms with Gasteiger partial charge in [0.15, 0.2) is 15.4 Å². The first-order valence-corrected chi connectivity index (χ1v) is 8.55. The number of carbonyl (C=O) groups is 1. The van der Waals surface area contributed by atoms with Crippen LogP contribution in [0.15, 0.2) is 24.3 Å². The molecular formula is C13H16ClNO4S. The average molecular weight is 318 g/mol. The number of aliphatic carboxylic acids is 1. The highest BCUT2D eigenvalue weighted by Crippen LogP contribution is 2.38. The molecule has 1 aliphatic rings. The minimum Gasteiger partial charge on any atom is -0.479 e.